The zero-order valence-corrected chi connectivity index (χ0v) is 19.5. The summed E-state index contributed by atoms with van der Waals surface area (Å²) < 4.78 is 13.1. The monoisotopic (exact) mass is 472 g/mol. The molecule has 1 heterocycles. The Morgan fingerprint density at radius 3 is 2.54 bits per heavy atom. The summed E-state index contributed by atoms with van der Waals surface area (Å²) in [6.07, 6.45) is 1.62. The maximum atomic E-state index is 12.8. The van der Waals surface area contributed by atoms with Crippen LogP contribution < -0.4 is 14.8 Å². The average Bonchev–Trinajstić information content (AvgIpc) is 3.29. The highest BCUT2D eigenvalue weighted by atomic mass is 16.6. The number of rotatable bonds is 8. The molecule has 1 aromatic heterocycles. The first-order chi connectivity index (χ1) is 16.8. The van der Waals surface area contributed by atoms with Crippen LogP contribution in [0.25, 0.3) is 0 Å². The van der Waals surface area contributed by atoms with Gasteiger partial charge in [0.25, 0.3) is 11.6 Å². The molecule has 0 spiro atoms. The van der Waals surface area contributed by atoms with Crippen LogP contribution in [0.1, 0.15) is 27.2 Å². The lowest BCUT2D eigenvalue weighted by molar-refractivity contribution is -0.384. The molecule has 9 nitrogen and oxygen atoms in total. The predicted octanol–water partition coefficient (Wildman–Crippen LogP) is 5.80. The fraction of sp³-hybridized carbons (Fsp3) is 0.154. The summed E-state index contributed by atoms with van der Waals surface area (Å²) >= 11 is 0. The van der Waals surface area contributed by atoms with Crippen LogP contribution in [0.3, 0.4) is 0 Å². The van der Waals surface area contributed by atoms with E-state index in [0.29, 0.717) is 5.75 Å². The van der Waals surface area contributed by atoms with Gasteiger partial charge in [-0.15, -0.1) is 0 Å². The van der Waals surface area contributed by atoms with E-state index in [1.54, 1.807) is 18.3 Å². The van der Waals surface area contributed by atoms with Gasteiger partial charge in [0.1, 0.15) is 17.2 Å². The number of nitrogens with one attached hydrogen (secondary N) is 1. The number of nitro groups is 1. The Hall–Kier alpha value is -4.66. The van der Waals surface area contributed by atoms with Crippen LogP contribution in [-0.2, 0) is 6.73 Å². The number of anilines is 1. The molecular formula is C26H24N4O5. The molecule has 0 bridgehead atoms. The molecule has 4 aromatic rings. The number of nitrogens with zero attached hydrogens (tertiary/aromatic N) is 3. The van der Waals surface area contributed by atoms with Crippen LogP contribution in [0.4, 0.5) is 11.4 Å². The highest BCUT2D eigenvalue weighted by Crippen LogP contribution is 2.31. The molecule has 0 fully saturated rings. The van der Waals surface area contributed by atoms with Crippen molar-refractivity contribution in [2.75, 3.05) is 5.32 Å². The quantitative estimate of drug-likeness (QED) is 0.257. The Kier molecular flexibility index (Phi) is 6.77. The van der Waals surface area contributed by atoms with Crippen LogP contribution in [0, 0.1) is 30.9 Å². The van der Waals surface area contributed by atoms with Crippen molar-refractivity contribution in [2.45, 2.75) is 27.5 Å². The second-order valence-corrected chi connectivity index (χ2v) is 8.08. The lowest BCUT2D eigenvalue weighted by Gasteiger charge is -2.11. The van der Waals surface area contributed by atoms with Crippen molar-refractivity contribution < 1.29 is 19.2 Å². The molecule has 9 heteroatoms. The van der Waals surface area contributed by atoms with Gasteiger partial charge in [-0.25, -0.2) is 4.68 Å². The third-order valence-corrected chi connectivity index (χ3v) is 5.24. The van der Waals surface area contributed by atoms with Crippen LogP contribution in [0.5, 0.6) is 17.2 Å². The predicted molar refractivity (Wildman–Crippen MR) is 131 cm³/mol. The van der Waals surface area contributed by atoms with Crippen LogP contribution >= 0.6 is 0 Å². The van der Waals surface area contributed by atoms with Gasteiger partial charge in [0.15, 0.2) is 12.4 Å². The van der Waals surface area contributed by atoms with Gasteiger partial charge in [-0.3, -0.25) is 14.9 Å². The van der Waals surface area contributed by atoms with Gasteiger partial charge in [0, 0.05) is 18.3 Å². The molecule has 0 unspecified atom stereocenters. The molecule has 178 valence electrons. The lowest BCUT2D eigenvalue weighted by atomic mass is 10.1. The van der Waals surface area contributed by atoms with E-state index in [4.69, 9.17) is 9.47 Å². The van der Waals surface area contributed by atoms with E-state index in [1.165, 1.54) is 22.9 Å². The van der Waals surface area contributed by atoms with Crippen molar-refractivity contribution in [1.29, 1.82) is 0 Å². The minimum absolute atomic E-state index is 0.127. The van der Waals surface area contributed by atoms with Crippen molar-refractivity contribution >= 4 is 17.3 Å². The summed E-state index contributed by atoms with van der Waals surface area (Å²) in [7, 11) is 0. The molecule has 0 atom stereocenters. The van der Waals surface area contributed by atoms with Crippen molar-refractivity contribution in [3.63, 3.8) is 0 Å². The Morgan fingerprint density at radius 2 is 1.80 bits per heavy atom. The largest absolute Gasteiger partial charge is 0.471 e. The molecule has 0 radical (unpaired) electrons. The van der Waals surface area contributed by atoms with Crippen LogP contribution in [-0.4, -0.2) is 20.6 Å². The number of carbonyl (C=O) groups excluding carboxylic acids is 1. The number of amides is 1. The summed E-state index contributed by atoms with van der Waals surface area (Å²) in [4.78, 5) is 23.6. The third-order valence-electron chi connectivity index (χ3n) is 5.24. The maximum Gasteiger partial charge on any atom is 0.276 e. The number of ether oxygens (including phenoxy) is 2. The average molecular weight is 473 g/mol. The van der Waals surface area contributed by atoms with Crippen LogP contribution in [0.15, 0.2) is 72.9 Å². The van der Waals surface area contributed by atoms with E-state index < -0.39 is 10.8 Å². The fourth-order valence-corrected chi connectivity index (χ4v) is 3.46. The summed E-state index contributed by atoms with van der Waals surface area (Å²) in [6.45, 7) is 5.96. The SMILES string of the molecule is Cc1ccc(OCn2ccc(C(=O)Nc3cc(Oc4ccccc4C)cc([N+](=O)[O-])c3)n2)c(C)c1. The number of aryl methyl sites for hydroxylation is 3. The van der Waals surface area contributed by atoms with Crippen molar-refractivity contribution in [3.05, 3.63) is 105 Å². The Labute approximate surface area is 202 Å². The van der Waals surface area contributed by atoms with E-state index in [1.807, 2.05) is 57.2 Å². The third kappa shape index (κ3) is 5.83. The van der Waals surface area contributed by atoms with Gasteiger partial charge in [-0.2, -0.15) is 5.10 Å². The van der Waals surface area contributed by atoms with Gasteiger partial charge in [0.2, 0.25) is 0 Å². The zero-order chi connectivity index (χ0) is 24.9. The van der Waals surface area contributed by atoms with E-state index in [2.05, 4.69) is 10.4 Å². The van der Waals surface area contributed by atoms with Crippen LogP contribution in [0.2, 0.25) is 0 Å². The van der Waals surface area contributed by atoms with Crippen molar-refractivity contribution in [2.24, 2.45) is 0 Å². The first kappa shape index (κ1) is 23.5. The summed E-state index contributed by atoms with van der Waals surface area (Å²) in [5.41, 5.74) is 3.17. The molecule has 1 amide bonds. The first-order valence-corrected chi connectivity index (χ1v) is 10.9. The standard InChI is InChI=1S/C26H24N4O5/c1-17-8-9-24(19(3)12-17)34-16-29-11-10-23(28-29)26(31)27-20-13-21(30(32)33)15-22(14-20)35-25-7-5-4-6-18(25)2/h4-15H,16H2,1-3H3,(H,27,31). The smallest absolute Gasteiger partial charge is 0.276 e. The van der Waals surface area contributed by atoms with Gasteiger partial charge < -0.3 is 14.8 Å². The highest BCUT2D eigenvalue weighted by Gasteiger charge is 2.16. The highest BCUT2D eigenvalue weighted by molar-refractivity contribution is 6.03. The Morgan fingerprint density at radius 1 is 1.00 bits per heavy atom. The molecule has 0 aliphatic carbocycles. The van der Waals surface area contributed by atoms with Gasteiger partial charge in [-0.1, -0.05) is 35.9 Å². The molecular weight excluding hydrogens is 448 g/mol. The fourth-order valence-electron chi connectivity index (χ4n) is 3.46. The van der Waals surface area contributed by atoms with E-state index in [0.717, 1.165) is 22.4 Å². The number of aromatic nitrogens is 2. The molecule has 3 aromatic carbocycles. The molecule has 35 heavy (non-hydrogen) atoms. The molecule has 0 saturated carbocycles. The van der Waals surface area contributed by atoms with Gasteiger partial charge >= 0.3 is 0 Å². The van der Waals surface area contributed by atoms with E-state index >= 15 is 0 Å². The Bertz CT molecular complexity index is 1400. The summed E-state index contributed by atoms with van der Waals surface area (Å²) in [5.74, 6) is 1.01. The summed E-state index contributed by atoms with van der Waals surface area (Å²) in [5, 5.41) is 18.3. The van der Waals surface area contributed by atoms with E-state index in [9.17, 15) is 14.9 Å². The minimum Gasteiger partial charge on any atom is -0.471 e. The normalized spacial score (nSPS) is 10.6. The number of nitro benzene ring substituents is 1. The van der Waals surface area contributed by atoms with Gasteiger partial charge in [0.05, 0.1) is 16.7 Å². The number of non-ortho nitro benzene ring substituents is 1. The Balaban J connectivity index is 1.47. The topological polar surface area (TPSA) is 109 Å². The number of hydrogen-bond acceptors (Lipinski definition) is 6. The molecule has 0 aliphatic rings. The summed E-state index contributed by atoms with van der Waals surface area (Å²) in [6, 6.07) is 18.8. The molecule has 0 saturated heterocycles. The minimum atomic E-state index is -0.542. The first-order valence-electron chi connectivity index (χ1n) is 10.9. The molecule has 1 N–H and O–H groups in total. The van der Waals surface area contributed by atoms with E-state index in [-0.39, 0.29) is 29.5 Å². The van der Waals surface area contributed by atoms with Crippen molar-refractivity contribution in [1.82, 2.24) is 9.78 Å². The second-order valence-electron chi connectivity index (χ2n) is 8.08. The maximum absolute atomic E-state index is 12.8. The lowest BCUT2D eigenvalue weighted by Crippen LogP contribution is -2.14. The number of benzene rings is 3. The van der Waals surface area contributed by atoms with Crippen molar-refractivity contribution in [3.8, 4) is 17.2 Å². The number of hydrogen-bond donors (Lipinski definition) is 1. The van der Waals surface area contributed by atoms with Gasteiger partial charge in [-0.05, 0) is 50.1 Å². The molecule has 0 aliphatic heterocycles. The number of carbonyl (C=O) groups is 1. The zero-order valence-electron chi connectivity index (χ0n) is 19.5. The number of para-hydroxylation sites is 1. The second kappa shape index (κ2) is 10.1. The molecule has 4 rings (SSSR count).